The van der Waals surface area contributed by atoms with Crippen molar-refractivity contribution in [1.29, 1.82) is 0 Å². The largest absolute Gasteiger partial charge is 0.379 e. The molecule has 0 spiro atoms. The molecule has 1 saturated heterocycles. The van der Waals surface area contributed by atoms with Crippen molar-refractivity contribution in [3.05, 3.63) is 0 Å². The molecule has 1 N–H and O–H groups in total. The molecule has 1 fully saturated rings. The van der Waals surface area contributed by atoms with Crippen LogP contribution in [0.25, 0.3) is 0 Å². The number of nitrogens with zero attached hydrogens (tertiary/aromatic N) is 1. The van der Waals surface area contributed by atoms with Gasteiger partial charge in [0.25, 0.3) is 0 Å². The summed E-state index contributed by atoms with van der Waals surface area (Å²) in [7, 11) is 0. The van der Waals surface area contributed by atoms with Crippen LogP contribution in [-0.4, -0.2) is 36.2 Å². The minimum Gasteiger partial charge on any atom is -0.379 e. The van der Waals surface area contributed by atoms with Gasteiger partial charge in [0.05, 0.1) is 18.7 Å². The van der Waals surface area contributed by atoms with Gasteiger partial charge in [-0.05, 0) is 19.3 Å². The molecule has 14 heavy (non-hydrogen) atoms. The lowest BCUT2D eigenvalue weighted by molar-refractivity contribution is 0.192. The average Bonchev–Trinajstić information content (AvgIpc) is 2.64. The van der Waals surface area contributed by atoms with E-state index in [2.05, 4.69) is 24.2 Å². The predicted molar refractivity (Wildman–Crippen MR) is 60.9 cm³/mol. The van der Waals surface area contributed by atoms with Crippen molar-refractivity contribution >= 4 is 16.9 Å². The van der Waals surface area contributed by atoms with Crippen LogP contribution in [0.2, 0.25) is 0 Å². The maximum atomic E-state index is 5.32. The SMILES string of the molecule is CC1CSC(NC2CCOC2)=NC1C. The van der Waals surface area contributed by atoms with E-state index in [4.69, 9.17) is 4.74 Å². The van der Waals surface area contributed by atoms with Gasteiger partial charge in [0.2, 0.25) is 0 Å². The molecular formula is C10H18N2OS. The first-order valence-electron chi connectivity index (χ1n) is 5.30. The number of aliphatic imine (C=N–C) groups is 1. The van der Waals surface area contributed by atoms with Crippen LogP contribution in [0.15, 0.2) is 4.99 Å². The van der Waals surface area contributed by atoms with Crippen molar-refractivity contribution in [3.8, 4) is 0 Å². The molecule has 0 aromatic rings. The molecule has 0 aromatic heterocycles. The van der Waals surface area contributed by atoms with Crippen molar-refractivity contribution in [1.82, 2.24) is 5.32 Å². The minimum atomic E-state index is 0.459. The van der Waals surface area contributed by atoms with Crippen LogP contribution >= 0.6 is 11.8 Å². The Kier molecular flexibility index (Phi) is 3.34. The lowest BCUT2D eigenvalue weighted by atomic mass is 10.1. The van der Waals surface area contributed by atoms with Crippen molar-refractivity contribution in [3.63, 3.8) is 0 Å². The van der Waals surface area contributed by atoms with E-state index >= 15 is 0 Å². The Hall–Kier alpha value is -0.220. The lowest BCUT2D eigenvalue weighted by Crippen LogP contribution is -2.37. The zero-order valence-electron chi connectivity index (χ0n) is 8.82. The highest BCUT2D eigenvalue weighted by Gasteiger charge is 2.22. The first-order valence-corrected chi connectivity index (χ1v) is 6.29. The molecule has 80 valence electrons. The molecule has 3 nitrogen and oxygen atoms in total. The molecular weight excluding hydrogens is 196 g/mol. The van der Waals surface area contributed by atoms with E-state index in [1.54, 1.807) is 0 Å². The number of amidine groups is 1. The van der Waals surface area contributed by atoms with Gasteiger partial charge in [-0.25, -0.2) is 0 Å². The standard InChI is InChI=1S/C10H18N2OS/c1-7-6-14-10(11-8(7)2)12-9-3-4-13-5-9/h7-9H,3-6H2,1-2H3,(H,11,12). The molecule has 0 bridgehead atoms. The number of rotatable bonds is 1. The lowest BCUT2D eigenvalue weighted by Gasteiger charge is -2.25. The van der Waals surface area contributed by atoms with E-state index in [1.165, 1.54) is 5.75 Å². The van der Waals surface area contributed by atoms with E-state index in [-0.39, 0.29) is 0 Å². The Morgan fingerprint density at radius 3 is 3.00 bits per heavy atom. The van der Waals surface area contributed by atoms with Crippen LogP contribution in [0.4, 0.5) is 0 Å². The van der Waals surface area contributed by atoms with Gasteiger partial charge in [0.1, 0.15) is 0 Å². The maximum Gasteiger partial charge on any atom is 0.157 e. The highest BCUT2D eigenvalue weighted by Crippen LogP contribution is 2.22. The van der Waals surface area contributed by atoms with Crippen LogP contribution in [0.1, 0.15) is 20.3 Å². The molecule has 2 aliphatic rings. The second-order valence-electron chi connectivity index (χ2n) is 4.17. The minimum absolute atomic E-state index is 0.459. The van der Waals surface area contributed by atoms with Gasteiger partial charge in [-0.1, -0.05) is 18.7 Å². The topological polar surface area (TPSA) is 33.6 Å². The second kappa shape index (κ2) is 4.53. The molecule has 0 amide bonds. The highest BCUT2D eigenvalue weighted by molar-refractivity contribution is 8.13. The molecule has 2 rings (SSSR count). The Bertz CT molecular complexity index is 226. The summed E-state index contributed by atoms with van der Waals surface area (Å²) in [5, 5.41) is 4.57. The normalized spacial score (nSPS) is 38.1. The van der Waals surface area contributed by atoms with Gasteiger partial charge < -0.3 is 10.1 Å². The van der Waals surface area contributed by atoms with E-state index < -0.39 is 0 Å². The summed E-state index contributed by atoms with van der Waals surface area (Å²) < 4.78 is 5.32. The van der Waals surface area contributed by atoms with Crippen molar-refractivity contribution in [2.75, 3.05) is 19.0 Å². The molecule has 0 aliphatic carbocycles. The molecule has 0 radical (unpaired) electrons. The van der Waals surface area contributed by atoms with Crippen LogP contribution in [0, 0.1) is 5.92 Å². The summed E-state index contributed by atoms with van der Waals surface area (Å²) in [5.41, 5.74) is 0. The summed E-state index contributed by atoms with van der Waals surface area (Å²) in [6.07, 6.45) is 1.11. The van der Waals surface area contributed by atoms with Crippen molar-refractivity contribution in [2.24, 2.45) is 10.9 Å². The summed E-state index contributed by atoms with van der Waals surface area (Å²) in [4.78, 5) is 4.64. The van der Waals surface area contributed by atoms with Gasteiger partial charge in [0.15, 0.2) is 5.17 Å². The highest BCUT2D eigenvalue weighted by atomic mass is 32.2. The molecule has 2 heterocycles. The van der Waals surface area contributed by atoms with Crippen molar-refractivity contribution < 1.29 is 4.74 Å². The molecule has 2 aliphatic heterocycles. The van der Waals surface area contributed by atoms with E-state index in [0.717, 1.165) is 24.8 Å². The van der Waals surface area contributed by atoms with Crippen LogP contribution < -0.4 is 5.32 Å². The molecule has 0 aromatic carbocycles. The molecule has 3 atom stereocenters. The fourth-order valence-corrected chi connectivity index (χ4v) is 2.79. The fraction of sp³-hybridized carbons (Fsp3) is 0.900. The fourth-order valence-electron chi connectivity index (χ4n) is 1.60. The van der Waals surface area contributed by atoms with Gasteiger partial charge in [-0.3, -0.25) is 4.99 Å². The van der Waals surface area contributed by atoms with E-state index in [9.17, 15) is 0 Å². The van der Waals surface area contributed by atoms with Crippen LogP contribution in [0.5, 0.6) is 0 Å². The summed E-state index contributed by atoms with van der Waals surface area (Å²) in [6.45, 7) is 6.18. The zero-order valence-corrected chi connectivity index (χ0v) is 9.64. The number of hydrogen-bond acceptors (Lipinski definition) is 4. The second-order valence-corrected chi connectivity index (χ2v) is 5.18. The first kappa shape index (κ1) is 10.3. The van der Waals surface area contributed by atoms with Crippen LogP contribution in [0.3, 0.4) is 0 Å². The van der Waals surface area contributed by atoms with E-state index in [0.29, 0.717) is 18.0 Å². The Morgan fingerprint density at radius 1 is 1.50 bits per heavy atom. The van der Waals surface area contributed by atoms with Gasteiger partial charge in [0, 0.05) is 12.4 Å². The van der Waals surface area contributed by atoms with Crippen molar-refractivity contribution in [2.45, 2.75) is 32.4 Å². The molecule has 0 saturated carbocycles. The first-order chi connectivity index (χ1) is 6.75. The quantitative estimate of drug-likeness (QED) is 0.718. The number of thioether (sulfide) groups is 1. The van der Waals surface area contributed by atoms with Gasteiger partial charge in [-0.2, -0.15) is 0 Å². The molecule has 4 heteroatoms. The van der Waals surface area contributed by atoms with Gasteiger partial charge >= 0.3 is 0 Å². The molecule has 3 unspecified atom stereocenters. The zero-order chi connectivity index (χ0) is 9.97. The predicted octanol–water partition coefficient (Wildman–Crippen LogP) is 1.49. The number of nitrogens with one attached hydrogen (secondary N) is 1. The monoisotopic (exact) mass is 214 g/mol. The third-order valence-corrected chi connectivity index (χ3v) is 4.07. The van der Waals surface area contributed by atoms with Gasteiger partial charge in [-0.15, -0.1) is 0 Å². The summed E-state index contributed by atoms with van der Waals surface area (Å²) in [5.74, 6) is 1.88. The smallest absolute Gasteiger partial charge is 0.157 e. The Labute approximate surface area is 89.7 Å². The van der Waals surface area contributed by atoms with E-state index in [1.807, 2.05) is 11.8 Å². The van der Waals surface area contributed by atoms with Crippen LogP contribution in [-0.2, 0) is 4.74 Å². The number of hydrogen-bond donors (Lipinski definition) is 1. The average molecular weight is 214 g/mol. The third kappa shape index (κ3) is 2.42. The maximum absolute atomic E-state index is 5.32. The summed E-state index contributed by atoms with van der Waals surface area (Å²) in [6, 6.07) is 0.947. The third-order valence-electron chi connectivity index (χ3n) is 2.88. The summed E-state index contributed by atoms with van der Waals surface area (Å²) >= 11 is 1.85. The Balaban J connectivity index is 1.88. The number of ether oxygens (including phenoxy) is 1. The Morgan fingerprint density at radius 2 is 2.36 bits per heavy atom.